The zero-order valence-corrected chi connectivity index (χ0v) is 27.4. The average molecular weight is 635 g/mol. The Bertz CT molecular complexity index is 1480. The van der Waals surface area contributed by atoms with Crippen molar-refractivity contribution in [2.24, 2.45) is 5.92 Å². The van der Waals surface area contributed by atoms with E-state index in [-0.39, 0.29) is 24.9 Å². The molecule has 2 N–H and O–H groups in total. The summed E-state index contributed by atoms with van der Waals surface area (Å²) in [6, 6.07) is 17.0. The first-order valence-corrected chi connectivity index (χ1v) is 17.5. The summed E-state index contributed by atoms with van der Waals surface area (Å²) >= 11 is 0. The van der Waals surface area contributed by atoms with Crippen molar-refractivity contribution in [2.45, 2.75) is 44.7 Å². The molecule has 1 aliphatic heterocycles. The molecule has 4 rings (SSSR count). The molecule has 0 aromatic heterocycles. The van der Waals surface area contributed by atoms with Crippen molar-refractivity contribution in [3.8, 4) is 11.1 Å². The van der Waals surface area contributed by atoms with Crippen molar-refractivity contribution in [1.29, 1.82) is 0 Å². The summed E-state index contributed by atoms with van der Waals surface area (Å²) in [6.07, 6.45) is 10.2. The molecule has 10 heteroatoms. The molecule has 0 radical (unpaired) electrons. The van der Waals surface area contributed by atoms with Gasteiger partial charge in [0.1, 0.15) is 11.8 Å². The molecule has 2 fully saturated rings. The van der Waals surface area contributed by atoms with E-state index in [2.05, 4.69) is 17.2 Å². The van der Waals surface area contributed by atoms with Crippen LogP contribution in [0.5, 0.6) is 0 Å². The van der Waals surface area contributed by atoms with E-state index in [0.29, 0.717) is 37.0 Å². The lowest BCUT2D eigenvalue weighted by Gasteiger charge is -2.35. The highest BCUT2D eigenvalue weighted by Crippen LogP contribution is 2.37. The van der Waals surface area contributed by atoms with Gasteiger partial charge in [-0.05, 0) is 74.6 Å². The summed E-state index contributed by atoms with van der Waals surface area (Å²) < 4.78 is 30.6. The largest absolute Gasteiger partial charge is 0.497 e. The Morgan fingerprint density at radius 2 is 1.67 bits per heavy atom. The molecule has 1 aliphatic carbocycles. The third kappa shape index (κ3) is 9.88. The zero-order chi connectivity index (χ0) is 32.4. The fourth-order valence-electron chi connectivity index (χ4n) is 5.59. The molecule has 2 aromatic rings. The van der Waals surface area contributed by atoms with E-state index in [1.54, 1.807) is 24.1 Å². The van der Waals surface area contributed by atoms with Gasteiger partial charge in [-0.2, -0.15) is 4.31 Å². The van der Waals surface area contributed by atoms with Crippen LogP contribution in [0.2, 0.25) is 0 Å². The number of sulfonamides is 1. The molecule has 1 heterocycles. The number of rotatable bonds is 15. The van der Waals surface area contributed by atoms with Crippen LogP contribution in [0.4, 0.5) is 0 Å². The number of unbranched alkanes of at least 4 members (excludes halogenated alkanes) is 1. The van der Waals surface area contributed by atoms with Gasteiger partial charge in [-0.25, -0.2) is 8.42 Å². The molecule has 3 atom stereocenters. The Morgan fingerprint density at radius 1 is 1.00 bits per heavy atom. The van der Waals surface area contributed by atoms with Crippen molar-refractivity contribution < 1.29 is 22.7 Å². The highest BCUT2D eigenvalue weighted by Gasteiger charge is 2.37. The number of carbonyl (C=O) groups excluding carboxylic acids is 2. The number of ether oxygens (including phenoxy) is 1. The summed E-state index contributed by atoms with van der Waals surface area (Å²) in [5.74, 6) is 0.734. The van der Waals surface area contributed by atoms with Gasteiger partial charge >= 0.3 is 0 Å². The number of hydrogen-bond acceptors (Lipinski definition) is 6. The van der Waals surface area contributed by atoms with Gasteiger partial charge in [0.05, 0.1) is 13.4 Å². The quantitative estimate of drug-likeness (QED) is 0.171. The van der Waals surface area contributed by atoms with E-state index in [0.717, 1.165) is 48.3 Å². The molecular weight excluding hydrogens is 588 g/mol. The lowest BCUT2D eigenvalue weighted by molar-refractivity contribution is -0.134. The number of amides is 2. The first kappa shape index (κ1) is 34.1. The predicted molar refractivity (Wildman–Crippen MR) is 179 cm³/mol. The minimum Gasteiger partial charge on any atom is -0.497 e. The zero-order valence-electron chi connectivity index (χ0n) is 26.6. The van der Waals surface area contributed by atoms with Crippen LogP contribution in [-0.2, 0) is 19.6 Å². The summed E-state index contributed by atoms with van der Waals surface area (Å²) in [5.41, 5.74) is 3.62. The average Bonchev–Trinajstić information content (AvgIpc) is 3.84. The standard InChI is InChI=1S/C35H46N4O5S/c1-5-30(44-3)19-14-26(2)31-25-33(31)36-20-10-9-13-32(35(41)38-21-23-39(24-22-38)45(4,42)43)37-34(40)29-17-15-28(16-18-29)27-11-7-6-8-12-27/h5-8,11-12,14-19,31-33,36H,2,9-10,13,20-25H2,1,3-4H3,(H,37,40)/b19-14-,30-5-/t31-,32-,33+/m0/s1. The number of nitrogens with zero attached hydrogens (tertiary/aromatic N) is 2. The number of piperazine rings is 1. The van der Waals surface area contributed by atoms with E-state index in [9.17, 15) is 18.0 Å². The van der Waals surface area contributed by atoms with Crippen molar-refractivity contribution in [2.75, 3.05) is 46.1 Å². The van der Waals surface area contributed by atoms with E-state index in [4.69, 9.17) is 4.74 Å². The first-order chi connectivity index (χ1) is 21.6. The van der Waals surface area contributed by atoms with Crippen LogP contribution in [0.25, 0.3) is 11.1 Å². The highest BCUT2D eigenvalue weighted by atomic mass is 32.2. The molecule has 242 valence electrons. The van der Waals surface area contributed by atoms with Crippen LogP contribution in [0, 0.1) is 5.92 Å². The second kappa shape index (κ2) is 16.0. The third-order valence-electron chi connectivity index (χ3n) is 8.45. The Kier molecular flexibility index (Phi) is 12.2. The van der Waals surface area contributed by atoms with Crippen molar-refractivity contribution >= 4 is 21.8 Å². The number of allylic oxidation sites excluding steroid dienone is 3. The van der Waals surface area contributed by atoms with Gasteiger partial charge in [0.25, 0.3) is 5.91 Å². The summed E-state index contributed by atoms with van der Waals surface area (Å²) in [5, 5.41) is 6.57. The Labute approximate surface area is 268 Å². The lowest BCUT2D eigenvalue weighted by Crippen LogP contribution is -2.55. The first-order valence-electron chi connectivity index (χ1n) is 15.6. The van der Waals surface area contributed by atoms with E-state index in [1.165, 1.54) is 10.6 Å². The molecular formula is C35H46N4O5S. The Morgan fingerprint density at radius 3 is 2.29 bits per heavy atom. The Balaban J connectivity index is 1.31. The van der Waals surface area contributed by atoms with Gasteiger partial charge in [0.15, 0.2) is 0 Å². The number of nitrogens with one attached hydrogen (secondary N) is 2. The maximum Gasteiger partial charge on any atom is 0.251 e. The SMILES string of the molecule is C=C(/C=C\C(=C\C)OC)[C@@H]1C[C@H]1NCCCC[C@H](NC(=O)c1ccc(-c2ccccc2)cc1)C(=O)N1CCN(S(C)(=O)=O)CC1. The maximum absolute atomic E-state index is 13.6. The minimum atomic E-state index is -3.31. The van der Waals surface area contributed by atoms with Crippen molar-refractivity contribution in [3.05, 3.63) is 96.3 Å². The molecule has 1 saturated carbocycles. The molecule has 2 aliphatic rings. The van der Waals surface area contributed by atoms with Gasteiger partial charge < -0.3 is 20.3 Å². The van der Waals surface area contributed by atoms with E-state index >= 15 is 0 Å². The maximum atomic E-state index is 13.6. The van der Waals surface area contributed by atoms with Crippen LogP contribution in [0.15, 0.2) is 90.7 Å². The van der Waals surface area contributed by atoms with Crippen molar-refractivity contribution in [1.82, 2.24) is 19.8 Å². The van der Waals surface area contributed by atoms with Crippen molar-refractivity contribution in [3.63, 3.8) is 0 Å². The third-order valence-corrected chi connectivity index (χ3v) is 9.75. The molecule has 9 nitrogen and oxygen atoms in total. The molecule has 0 spiro atoms. The molecule has 1 saturated heterocycles. The van der Waals surface area contributed by atoms with Gasteiger partial charge in [-0.3, -0.25) is 9.59 Å². The van der Waals surface area contributed by atoms with E-state index in [1.807, 2.05) is 67.6 Å². The van der Waals surface area contributed by atoms with Crippen LogP contribution < -0.4 is 10.6 Å². The minimum absolute atomic E-state index is 0.174. The topological polar surface area (TPSA) is 108 Å². The number of benzene rings is 2. The molecule has 0 unspecified atom stereocenters. The fraction of sp³-hybridized carbons (Fsp3) is 0.429. The van der Waals surface area contributed by atoms with E-state index < -0.39 is 16.1 Å². The number of methoxy groups -OCH3 is 1. The van der Waals surface area contributed by atoms with Gasteiger partial charge in [0.2, 0.25) is 15.9 Å². The predicted octanol–water partition coefficient (Wildman–Crippen LogP) is 4.37. The normalized spacial score (nSPS) is 19.7. The Hall–Kier alpha value is -3.73. The van der Waals surface area contributed by atoms with Gasteiger partial charge in [-0.15, -0.1) is 0 Å². The smallest absolute Gasteiger partial charge is 0.251 e. The van der Waals surface area contributed by atoms with Crippen LogP contribution in [0.1, 0.15) is 43.0 Å². The van der Waals surface area contributed by atoms with Crippen LogP contribution in [-0.4, -0.2) is 87.6 Å². The molecule has 45 heavy (non-hydrogen) atoms. The summed E-state index contributed by atoms with van der Waals surface area (Å²) in [4.78, 5) is 28.6. The highest BCUT2D eigenvalue weighted by molar-refractivity contribution is 7.88. The number of carbonyl (C=O) groups is 2. The molecule has 2 amide bonds. The van der Waals surface area contributed by atoms with Crippen LogP contribution in [0.3, 0.4) is 0 Å². The molecule has 2 aromatic carbocycles. The second-order valence-electron chi connectivity index (χ2n) is 11.7. The summed E-state index contributed by atoms with van der Waals surface area (Å²) in [7, 11) is -1.67. The van der Waals surface area contributed by atoms with Gasteiger partial charge in [0, 0.05) is 43.7 Å². The second-order valence-corrected chi connectivity index (χ2v) is 13.6. The number of hydrogen-bond donors (Lipinski definition) is 2. The monoisotopic (exact) mass is 634 g/mol. The fourth-order valence-corrected chi connectivity index (χ4v) is 6.42. The van der Waals surface area contributed by atoms with Crippen LogP contribution >= 0.6 is 0 Å². The molecule has 0 bridgehead atoms. The summed E-state index contributed by atoms with van der Waals surface area (Å²) in [6.45, 7) is 8.03. The van der Waals surface area contributed by atoms with Gasteiger partial charge in [-0.1, -0.05) is 60.7 Å². The lowest BCUT2D eigenvalue weighted by atomic mass is 10.0.